The summed E-state index contributed by atoms with van der Waals surface area (Å²) < 4.78 is 6.71. The van der Waals surface area contributed by atoms with E-state index in [0.717, 1.165) is 29.9 Å². The Labute approximate surface area is 169 Å². The number of aromatic nitrogens is 1. The van der Waals surface area contributed by atoms with Gasteiger partial charge in [0.15, 0.2) is 0 Å². The third-order valence-corrected chi connectivity index (χ3v) is 6.55. The monoisotopic (exact) mass is 378 g/mol. The minimum absolute atomic E-state index is 0.380. The van der Waals surface area contributed by atoms with E-state index in [1.54, 1.807) is 0 Å². The molecule has 3 nitrogen and oxygen atoms in total. The summed E-state index contributed by atoms with van der Waals surface area (Å²) in [7, 11) is 0. The summed E-state index contributed by atoms with van der Waals surface area (Å²) >= 11 is 0. The van der Waals surface area contributed by atoms with E-state index in [1.165, 1.54) is 69.8 Å². The van der Waals surface area contributed by atoms with Crippen LogP contribution in [0.25, 0.3) is 0 Å². The first kappa shape index (κ1) is 19.3. The molecule has 2 aliphatic carbocycles. The lowest BCUT2D eigenvalue weighted by atomic mass is 9.75. The first-order valence-corrected chi connectivity index (χ1v) is 11.3. The molecule has 0 bridgehead atoms. The van der Waals surface area contributed by atoms with Crippen LogP contribution in [0, 0.1) is 11.8 Å². The molecule has 28 heavy (non-hydrogen) atoms. The van der Waals surface area contributed by atoms with E-state index in [-0.39, 0.29) is 0 Å². The van der Waals surface area contributed by atoms with Gasteiger partial charge in [-0.3, -0.25) is 0 Å². The summed E-state index contributed by atoms with van der Waals surface area (Å²) in [6.45, 7) is 0.784. The fourth-order valence-corrected chi connectivity index (χ4v) is 5.03. The molecule has 0 radical (unpaired) electrons. The summed E-state index contributed by atoms with van der Waals surface area (Å²) in [4.78, 5) is 4.50. The van der Waals surface area contributed by atoms with E-state index in [0.29, 0.717) is 6.10 Å². The first-order valence-electron chi connectivity index (χ1n) is 11.3. The largest absolute Gasteiger partial charge is 0.490 e. The summed E-state index contributed by atoms with van der Waals surface area (Å²) in [6.07, 6.45) is 15.9. The lowest BCUT2D eigenvalue weighted by molar-refractivity contribution is 0.0390. The Kier molecular flexibility index (Phi) is 6.86. The van der Waals surface area contributed by atoms with Crippen LogP contribution in [0.5, 0.6) is 5.75 Å². The third-order valence-electron chi connectivity index (χ3n) is 6.55. The van der Waals surface area contributed by atoms with Crippen LogP contribution in [-0.4, -0.2) is 11.1 Å². The smallest absolute Gasteiger partial charge is 0.129 e. The van der Waals surface area contributed by atoms with Gasteiger partial charge >= 0.3 is 0 Å². The highest BCUT2D eigenvalue weighted by molar-refractivity contribution is 5.41. The Bertz CT molecular complexity index is 687. The van der Waals surface area contributed by atoms with E-state index in [2.05, 4.69) is 40.6 Å². The van der Waals surface area contributed by atoms with Crippen molar-refractivity contribution in [1.82, 2.24) is 4.98 Å². The number of benzene rings is 1. The van der Waals surface area contributed by atoms with Gasteiger partial charge in [0.25, 0.3) is 0 Å². The number of hydrogen-bond donors (Lipinski definition) is 1. The van der Waals surface area contributed by atoms with Gasteiger partial charge in [0.2, 0.25) is 0 Å². The number of anilines is 1. The minimum atomic E-state index is 0.380. The van der Waals surface area contributed by atoms with Crippen LogP contribution in [-0.2, 0) is 6.54 Å². The van der Waals surface area contributed by atoms with Crippen molar-refractivity contribution in [3.63, 3.8) is 0 Å². The van der Waals surface area contributed by atoms with Gasteiger partial charge in [0.05, 0.1) is 0 Å². The van der Waals surface area contributed by atoms with Gasteiger partial charge in [0, 0.05) is 18.8 Å². The van der Waals surface area contributed by atoms with Crippen molar-refractivity contribution in [2.45, 2.75) is 76.9 Å². The molecule has 4 rings (SSSR count). The van der Waals surface area contributed by atoms with Gasteiger partial charge in [0.1, 0.15) is 17.7 Å². The lowest BCUT2D eigenvalue weighted by Gasteiger charge is -2.37. The molecule has 0 unspecified atom stereocenters. The second-order valence-corrected chi connectivity index (χ2v) is 8.59. The van der Waals surface area contributed by atoms with Gasteiger partial charge in [-0.2, -0.15) is 0 Å². The van der Waals surface area contributed by atoms with Crippen LogP contribution in [0.15, 0.2) is 48.7 Å². The van der Waals surface area contributed by atoms with Crippen LogP contribution in [0.4, 0.5) is 5.82 Å². The zero-order chi connectivity index (χ0) is 19.0. The summed E-state index contributed by atoms with van der Waals surface area (Å²) in [6, 6.07) is 14.6. The molecular formula is C25H34N2O. The minimum Gasteiger partial charge on any atom is -0.490 e. The maximum Gasteiger partial charge on any atom is 0.129 e. The molecule has 1 aromatic carbocycles. The summed E-state index contributed by atoms with van der Waals surface area (Å²) in [5, 5.41) is 3.44. The number of nitrogens with zero attached hydrogens (tertiary/aromatic N) is 1. The molecule has 0 amide bonds. The fraction of sp³-hybridized carbons (Fsp3) is 0.560. The summed E-state index contributed by atoms with van der Waals surface area (Å²) in [5.74, 6) is 3.33. The molecule has 2 aliphatic rings. The molecule has 2 aromatic rings. The van der Waals surface area contributed by atoms with Gasteiger partial charge in [-0.15, -0.1) is 0 Å². The average molecular weight is 379 g/mol. The van der Waals surface area contributed by atoms with E-state index < -0.39 is 0 Å². The van der Waals surface area contributed by atoms with Gasteiger partial charge in [-0.05, 0) is 49.1 Å². The van der Waals surface area contributed by atoms with Gasteiger partial charge in [-0.25, -0.2) is 4.98 Å². The van der Waals surface area contributed by atoms with Crippen LogP contribution in [0.3, 0.4) is 0 Å². The second-order valence-electron chi connectivity index (χ2n) is 8.59. The van der Waals surface area contributed by atoms with E-state index in [9.17, 15) is 0 Å². The molecule has 2 saturated carbocycles. The first-order chi connectivity index (χ1) is 13.9. The highest BCUT2D eigenvalue weighted by Crippen LogP contribution is 2.38. The van der Waals surface area contributed by atoms with Crippen LogP contribution in [0.1, 0.15) is 69.8 Å². The SMILES string of the molecule is c1ccc(CNc2cc(OC(C3CCCCC3)C3CCCCC3)ccn2)cc1. The van der Waals surface area contributed by atoms with E-state index >= 15 is 0 Å². The van der Waals surface area contributed by atoms with Gasteiger partial charge in [-0.1, -0.05) is 68.9 Å². The molecule has 0 aliphatic heterocycles. The predicted molar refractivity (Wildman–Crippen MR) is 116 cm³/mol. The van der Waals surface area contributed by atoms with E-state index in [1.807, 2.05) is 18.3 Å². The van der Waals surface area contributed by atoms with Crippen LogP contribution in [0.2, 0.25) is 0 Å². The highest BCUT2D eigenvalue weighted by atomic mass is 16.5. The van der Waals surface area contributed by atoms with Crippen molar-refractivity contribution < 1.29 is 4.74 Å². The molecule has 0 spiro atoms. The van der Waals surface area contributed by atoms with E-state index in [4.69, 9.17) is 4.74 Å². The quantitative estimate of drug-likeness (QED) is 0.589. The molecule has 1 heterocycles. The number of ether oxygens (including phenoxy) is 1. The standard InChI is InChI=1S/C25H34N2O/c1-4-10-20(11-5-1)19-27-24-18-23(16-17-26-24)28-25(21-12-6-2-7-13-21)22-14-8-3-9-15-22/h1,4-5,10-11,16-18,21-22,25H,2-3,6-9,12-15,19H2,(H,26,27). The Morgan fingerprint density at radius 1 is 0.857 bits per heavy atom. The van der Waals surface area contributed by atoms with Gasteiger partial charge < -0.3 is 10.1 Å². The van der Waals surface area contributed by atoms with Crippen molar-refractivity contribution in [3.8, 4) is 5.75 Å². The van der Waals surface area contributed by atoms with Crippen molar-refractivity contribution in [2.75, 3.05) is 5.32 Å². The Morgan fingerprint density at radius 3 is 2.14 bits per heavy atom. The topological polar surface area (TPSA) is 34.1 Å². The van der Waals surface area contributed by atoms with Crippen molar-refractivity contribution in [1.29, 1.82) is 0 Å². The van der Waals surface area contributed by atoms with Crippen molar-refractivity contribution in [2.24, 2.45) is 11.8 Å². The molecule has 0 atom stereocenters. The lowest BCUT2D eigenvalue weighted by Crippen LogP contribution is -2.37. The Hall–Kier alpha value is -2.03. The molecule has 2 fully saturated rings. The molecule has 1 aromatic heterocycles. The highest BCUT2D eigenvalue weighted by Gasteiger charge is 2.33. The Balaban J connectivity index is 1.43. The van der Waals surface area contributed by atoms with Crippen molar-refractivity contribution in [3.05, 3.63) is 54.2 Å². The number of pyridine rings is 1. The number of nitrogens with one attached hydrogen (secondary N) is 1. The average Bonchev–Trinajstić information content (AvgIpc) is 2.78. The zero-order valence-electron chi connectivity index (χ0n) is 17.0. The number of rotatable bonds is 7. The predicted octanol–water partition coefficient (Wildman–Crippen LogP) is 6.60. The van der Waals surface area contributed by atoms with Crippen molar-refractivity contribution >= 4 is 5.82 Å². The zero-order valence-corrected chi connectivity index (χ0v) is 17.0. The van der Waals surface area contributed by atoms with Crippen LogP contribution >= 0.6 is 0 Å². The summed E-state index contributed by atoms with van der Waals surface area (Å²) in [5.41, 5.74) is 1.26. The maximum absolute atomic E-state index is 6.71. The maximum atomic E-state index is 6.71. The molecular weight excluding hydrogens is 344 g/mol. The third kappa shape index (κ3) is 5.27. The normalized spacial score (nSPS) is 18.9. The second kappa shape index (κ2) is 9.95. The molecule has 150 valence electrons. The van der Waals surface area contributed by atoms with Crippen LogP contribution < -0.4 is 10.1 Å². The fourth-order valence-electron chi connectivity index (χ4n) is 5.03. The Morgan fingerprint density at radius 2 is 1.50 bits per heavy atom. The molecule has 1 N–H and O–H groups in total. The molecule has 3 heteroatoms. The molecule has 0 saturated heterocycles. The number of hydrogen-bond acceptors (Lipinski definition) is 3.